The van der Waals surface area contributed by atoms with Gasteiger partial charge in [-0.15, -0.1) is 0 Å². The van der Waals surface area contributed by atoms with E-state index < -0.39 is 12.7 Å². The van der Waals surface area contributed by atoms with E-state index in [9.17, 15) is 0 Å². The first kappa shape index (κ1) is 13.9. The van der Waals surface area contributed by atoms with Crippen molar-refractivity contribution in [2.75, 3.05) is 13.2 Å². The lowest BCUT2D eigenvalue weighted by Crippen LogP contribution is -2.07. The summed E-state index contributed by atoms with van der Waals surface area (Å²) in [6, 6.07) is 0. The van der Waals surface area contributed by atoms with Crippen LogP contribution in [-0.4, -0.2) is 34.6 Å². The topological polar surface area (TPSA) is 60.7 Å². The molecule has 0 radical (unpaired) electrons. The Morgan fingerprint density at radius 2 is 1.56 bits per heavy atom. The number of aliphatic hydroxyl groups is 3. The van der Waals surface area contributed by atoms with Gasteiger partial charge in [0.15, 0.2) is 0 Å². The highest BCUT2D eigenvalue weighted by Gasteiger charge is 1.90. The lowest BCUT2D eigenvalue weighted by Gasteiger charge is -1.90. The Hall–Kier alpha value is -2.14. The van der Waals surface area contributed by atoms with Crippen molar-refractivity contribution in [2.24, 2.45) is 0 Å². The fourth-order valence-electron chi connectivity index (χ4n) is 0.479. The van der Waals surface area contributed by atoms with Crippen molar-refractivity contribution >= 4 is 0 Å². The predicted molar refractivity (Wildman–Crippen MR) is 60.4 cm³/mol. The van der Waals surface area contributed by atoms with E-state index in [2.05, 4.69) is 47.4 Å². The molecule has 0 heterocycles. The third-order valence-electron chi connectivity index (χ3n) is 1.10. The van der Waals surface area contributed by atoms with E-state index in [1.807, 2.05) is 0 Å². The van der Waals surface area contributed by atoms with Gasteiger partial charge in [0.2, 0.25) is 0 Å². The van der Waals surface area contributed by atoms with E-state index in [1.54, 1.807) is 0 Å². The van der Waals surface area contributed by atoms with Crippen LogP contribution in [0.1, 0.15) is 0 Å². The van der Waals surface area contributed by atoms with Gasteiger partial charge in [0.05, 0.1) is 13.2 Å². The van der Waals surface area contributed by atoms with Crippen LogP contribution < -0.4 is 0 Å². The minimum atomic E-state index is -1.06. The second kappa shape index (κ2) is 10.9. The number of hydrogen-bond acceptors (Lipinski definition) is 3. The highest BCUT2D eigenvalue weighted by Crippen LogP contribution is 1.72. The zero-order valence-electron chi connectivity index (χ0n) is 8.49. The van der Waals surface area contributed by atoms with E-state index in [4.69, 9.17) is 15.3 Å². The molecule has 0 rings (SSSR count). The molecule has 16 heavy (non-hydrogen) atoms. The quantitative estimate of drug-likeness (QED) is 0.511. The average molecular weight is 214 g/mol. The Morgan fingerprint density at radius 1 is 0.938 bits per heavy atom. The predicted octanol–water partition coefficient (Wildman–Crippen LogP) is -1.10. The molecule has 0 fully saturated rings. The van der Waals surface area contributed by atoms with Gasteiger partial charge in [-0.1, -0.05) is 17.9 Å². The molecule has 3 N–H and O–H groups in total. The van der Waals surface area contributed by atoms with Gasteiger partial charge in [0.25, 0.3) is 0 Å². The van der Waals surface area contributed by atoms with Crippen molar-refractivity contribution in [3.63, 3.8) is 0 Å². The SMILES string of the molecule is OC/C=C/C#CC#CC#CC#C[C@@H](O)CO. The van der Waals surface area contributed by atoms with Crippen LogP contribution in [-0.2, 0) is 0 Å². The van der Waals surface area contributed by atoms with Crippen molar-refractivity contribution in [1.82, 2.24) is 0 Å². The van der Waals surface area contributed by atoms with E-state index in [-0.39, 0.29) is 6.61 Å². The fraction of sp³-hybridized carbons (Fsp3) is 0.231. The fourth-order valence-corrected chi connectivity index (χ4v) is 0.479. The summed E-state index contributed by atoms with van der Waals surface area (Å²) in [5.41, 5.74) is 0. The number of hydrogen-bond donors (Lipinski definition) is 3. The number of rotatable bonds is 2. The molecule has 0 aromatic carbocycles. The zero-order valence-corrected chi connectivity index (χ0v) is 8.49. The Balaban J connectivity index is 4.08. The molecule has 1 atom stereocenters. The van der Waals surface area contributed by atoms with Crippen LogP contribution in [0.15, 0.2) is 12.2 Å². The summed E-state index contributed by atoms with van der Waals surface area (Å²) in [6.07, 6.45) is 1.91. The minimum Gasteiger partial charge on any atom is -0.393 e. The molecule has 0 bridgehead atoms. The first-order chi connectivity index (χ1) is 7.81. The van der Waals surface area contributed by atoms with Gasteiger partial charge in [0.1, 0.15) is 6.10 Å². The van der Waals surface area contributed by atoms with Crippen LogP contribution in [0.2, 0.25) is 0 Å². The van der Waals surface area contributed by atoms with Crippen LogP contribution in [0.4, 0.5) is 0 Å². The molecule has 0 aliphatic carbocycles. The second-order valence-electron chi connectivity index (χ2n) is 2.32. The number of aliphatic hydroxyl groups excluding tert-OH is 3. The molecule has 0 aliphatic rings. The standard InChI is InChI=1S/C13H10O3/c14-11-9-7-5-3-1-2-4-6-8-10-13(16)12-15/h7,9,13-16H,11-12H2/b9-7+/t13-/m1/s1. The van der Waals surface area contributed by atoms with Crippen molar-refractivity contribution < 1.29 is 15.3 Å². The molecule has 0 aromatic heterocycles. The maximum atomic E-state index is 8.80. The average Bonchev–Trinajstić information content (AvgIpc) is 2.31. The van der Waals surface area contributed by atoms with Gasteiger partial charge in [-0.2, -0.15) is 0 Å². The lowest BCUT2D eigenvalue weighted by molar-refractivity contribution is 0.138. The maximum Gasteiger partial charge on any atom is 0.138 e. The van der Waals surface area contributed by atoms with Crippen LogP contribution in [0.3, 0.4) is 0 Å². The summed E-state index contributed by atoms with van der Waals surface area (Å²) < 4.78 is 0. The first-order valence-electron chi connectivity index (χ1n) is 4.37. The van der Waals surface area contributed by atoms with Crippen LogP contribution in [0, 0.1) is 47.4 Å². The normalized spacial score (nSPS) is 9.44. The third kappa shape index (κ3) is 9.94. The molecule has 0 amide bonds. The van der Waals surface area contributed by atoms with E-state index in [0.717, 1.165) is 0 Å². The van der Waals surface area contributed by atoms with E-state index >= 15 is 0 Å². The second-order valence-corrected chi connectivity index (χ2v) is 2.32. The Bertz CT molecular complexity index is 458. The molecule has 0 aliphatic heterocycles. The van der Waals surface area contributed by atoms with Gasteiger partial charge < -0.3 is 15.3 Å². The molecule has 0 unspecified atom stereocenters. The molecule has 3 heteroatoms. The number of allylic oxidation sites excluding steroid dienone is 1. The molecule has 3 nitrogen and oxygen atoms in total. The van der Waals surface area contributed by atoms with Gasteiger partial charge in [-0.05, 0) is 41.6 Å². The molecule has 0 saturated heterocycles. The maximum absolute atomic E-state index is 8.80. The van der Waals surface area contributed by atoms with Crippen molar-refractivity contribution in [3.05, 3.63) is 12.2 Å². The van der Waals surface area contributed by atoms with Crippen LogP contribution >= 0.6 is 0 Å². The van der Waals surface area contributed by atoms with Crippen LogP contribution in [0.5, 0.6) is 0 Å². The zero-order chi connectivity index (χ0) is 12.1. The van der Waals surface area contributed by atoms with E-state index in [1.165, 1.54) is 12.2 Å². The Morgan fingerprint density at radius 3 is 2.19 bits per heavy atom. The summed E-state index contributed by atoms with van der Waals surface area (Å²) in [5, 5.41) is 25.6. The van der Waals surface area contributed by atoms with Crippen molar-refractivity contribution in [1.29, 1.82) is 0 Å². The summed E-state index contributed by atoms with van der Waals surface area (Å²) in [7, 11) is 0. The summed E-state index contributed by atoms with van der Waals surface area (Å²) in [5.74, 6) is 19.3. The largest absolute Gasteiger partial charge is 0.393 e. The summed E-state index contributed by atoms with van der Waals surface area (Å²) >= 11 is 0. The van der Waals surface area contributed by atoms with E-state index in [0.29, 0.717) is 0 Å². The highest BCUT2D eigenvalue weighted by atomic mass is 16.3. The third-order valence-corrected chi connectivity index (χ3v) is 1.10. The molecular formula is C13H10O3. The molecule has 0 saturated carbocycles. The molecular weight excluding hydrogens is 204 g/mol. The summed E-state index contributed by atoms with van der Waals surface area (Å²) in [6.45, 7) is -0.465. The highest BCUT2D eigenvalue weighted by molar-refractivity contribution is 5.41. The van der Waals surface area contributed by atoms with Gasteiger partial charge >= 0.3 is 0 Å². The lowest BCUT2D eigenvalue weighted by atomic mass is 10.4. The van der Waals surface area contributed by atoms with Gasteiger partial charge in [-0.3, -0.25) is 0 Å². The molecule has 0 aromatic rings. The van der Waals surface area contributed by atoms with Crippen molar-refractivity contribution in [2.45, 2.75) is 6.10 Å². The summed E-state index contributed by atoms with van der Waals surface area (Å²) in [4.78, 5) is 0. The first-order valence-corrected chi connectivity index (χ1v) is 4.37. The minimum absolute atomic E-state index is 0.0509. The van der Waals surface area contributed by atoms with Crippen LogP contribution in [0.25, 0.3) is 0 Å². The van der Waals surface area contributed by atoms with Gasteiger partial charge in [0, 0.05) is 0 Å². The van der Waals surface area contributed by atoms with Crippen molar-refractivity contribution in [3.8, 4) is 47.4 Å². The van der Waals surface area contributed by atoms with Gasteiger partial charge in [-0.25, -0.2) is 0 Å². The Kier molecular flexibility index (Phi) is 9.47. The Labute approximate surface area is 94.8 Å². The smallest absolute Gasteiger partial charge is 0.138 e. The molecule has 0 spiro atoms. The monoisotopic (exact) mass is 214 g/mol. The molecule has 80 valence electrons.